The summed E-state index contributed by atoms with van der Waals surface area (Å²) in [4.78, 5) is 24.3. The van der Waals surface area contributed by atoms with Crippen LogP contribution in [0, 0.1) is 6.92 Å². The van der Waals surface area contributed by atoms with Crippen LogP contribution >= 0.6 is 0 Å². The second kappa shape index (κ2) is 9.32. The van der Waals surface area contributed by atoms with Crippen molar-refractivity contribution in [3.8, 4) is 11.5 Å². The maximum absolute atomic E-state index is 12.2. The average molecular weight is 388 g/mol. The molecule has 0 aliphatic carbocycles. The smallest absolute Gasteiger partial charge is 0.343 e. The van der Waals surface area contributed by atoms with E-state index in [1.165, 1.54) is 13.3 Å². The lowest BCUT2D eigenvalue weighted by atomic mass is 10.1. The number of rotatable bonds is 6. The number of carbonyl (C=O) groups is 2. The number of benzene rings is 3. The molecule has 6 heteroatoms. The van der Waals surface area contributed by atoms with Gasteiger partial charge in [-0.15, -0.1) is 0 Å². The standard InChI is InChI=1S/C23H20N2O4/c1-16-7-11-18(12-8-16)23(27)29-19-13-9-17(10-14-19)15-24-25-22(26)20-5-3-4-6-21(20)28-2/h3-15H,1-2H3,(H,25,26). The van der Waals surface area contributed by atoms with Crippen molar-refractivity contribution in [1.29, 1.82) is 0 Å². The molecule has 0 atom stereocenters. The Morgan fingerprint density at radius 1 is 0.931 bits per heavy atom. The van der Waals surface area contributed by atoms with Crippen molar-refractivity contribution in [1.82, 2.24) is 5.43 Å². The molecule has 0 fully saturated rings. The highest BCUT2D eigenvalue weighted by molar-refractivity contribution is 5.97. The Kier molecular flexibility index (Phi) is 6.37. The lowest BCUT2D eigenvalue weighted by molar-refractivity contribution is 0.0734. The van der Waals surface area contributed by atoms with Gasteiger partial charge in [-0.1, -0.05) is 29.8 Å². The van der Waals surface area contributed by atoms with Crippen molar-refractivity contribution in [2.75, 3.05) is 7.11 Å². The Morgan fingerprint density at radius 3 is 2.31 bits per heavy atom. The Morgan fingerprint density at radius 2 is 1.62 bits per heavy atom. The van der Waals surface area contributed by atoms with E-state index in [9.17, 15) is 9.59 Å². The molecule has 1 amide bonds. The number of aryl methyl sites for hydroxylation is 1. The van der Waals surface area contributed by atoms with Crippen molar-refractivity contribution in [3.63, 3.8) is 0 Å². The van der Waals surface area contributed by atoms with E-state index in [2.05, 4.69) is 10.5 Å². The third-order valence-electron chi connectivity index (χ3n) is 4.11. The van der Waals surface area contributed by atoms with Gasteiger partial charge in [-0.2, -0.15) is 5.10 Å². The lowest BCUT2D eigenvalue weighted by Gasteiger charge is -2.06. The van der Waals surface area contributed by atoms with Crippen LogP contribution in [-0.4, -0.2) is 25.2 Å². The number of hydrogen-bond acceptors (Lipinski definition) is 5. The molecule has 146 valence electrons. The van der Waals surface area contributed by atoms with Crippen LogP contribution in [0.1, 0.15) is 31.8 Å². The first kappa shape index (κ1) is 19.8. The van der Waals surface area contributed by atoms with E-state index in [4.69, 9.17) is 9.47 Å². The van der Waals surface area contributed by atoms with Crippen LogP contribution in [0.2, 0.25) is 0 Å². The Balaban J connectivity index is 1.58. The van der Waals surface area contributed by atoms with E-state index in [1.807, 2.05) is 19.1 Å². The van der Waals surface area contributed by atoms with Crippen molar-refractivity contribution in [2.45, 2.75) is 6.92 Å². The fraction of sp³-hybridized carbons (Fsp3) is 0.0870. The molecule has 3 aromatic rings. The van der Waals surface area contributed by atoms with Gasteiger partial charge in [-0.25, -0.2) is 10.2 Å². The SMILES string of the molecule is COc1ccccc1C(=O)NN=Cc1ccc(OC(=O)c2ccc(C)cc2)cc1. The number of methoxy groups -OCH3 is 1. The van der Waals surface area contributed by atoms with Crippen molar-refractivity contribution in [3.05, 3.63) is 95.1 Å². The number of ether oxygens (including phenoxy) is 2. The molecule has 0 aromatic heterocycles. The van der Waals surface area contributed by atoms with Crippen LogP contribution < -0.4 is 14.9 Å². The highest BCUT2D eigenvalue weighted by atomic mass is 16.5. The van der Waals surface area contributed by atoms with Gasteiger partial charge in [-0.05, 0) is 61.0 Å². The van der Waals surface area contributed by atoms with Crippen LogP contribution in [0.3, 0.4) is 0 Å². The van der Waals surface area contributed by atoms with Gasteiger partial charge in [-0.3, -0.25) is 4.79 Å². The van der Waals surface area contributed by atoms with Crippen LogP contribution in [0.25, 0.3) is 0 Å². The summed E-state index contributed by atoms with van der Waals surface area (Å²) in [6, 6.07) is 20.8. The van der Waals surface area contributed by atoms with Gasteiger partial charge in [0.25, 0.3) is 5.91 Å². The monoisotopic (exact) mass is 388 g/mol. The van der Waals surface area contributed by atoms with E-state index < -0.39 is 5.97 Å². The molecule has 0 heterocycles. The second-order valence-corrected chi connectivity index (χ2v) is 6.22. The number of hydrogen-bond donors (Lipinski definition) is 1. The van der Waals surface area contributed by atoms with E-state index in [-0.39, 0.29) is 5.91 Å². The van der Waals surface area contributed by atoms with E-state index in [1.54, 1.807) is 60.7 Å². The van der Waals surface area contributed by atoms with Gasteiger partial charge in [0.15, 0.2) is 0 Å². The molecule has 6 nitrogen and oxygen atoms in total. The zero-order chi connectivity index (χ0) is 20.6. The van der Waals surface area contributed by atoms with E-state index in [0.29, 0.717) is 22.6 Å². The predicted molar refractivity (Wildman–Crippen MR) is 111 cm³/mol. The number of esters is 1. The van der Waals surface area contributed by atoms with Gasteiger partial charge in [0.2, 0.25) is 0 Å². The summed E-state index contributed by atoms with van der Waals surface area (Å²) in [7, 11) is 1.50. The van der Waals surface area contributed by atoms with Gasteiger partial charge in [0.05, 0.1) is 24.5 Å². The Bertz CT molecular complexity index is 1030. The minimum absolute atomic E-state index is 0.373. The molecular formula is C23H20N2O4. The average Bonchev–Trinajstić information content (AvgIpc) is 2.75. The molecule has 0 unspecified atom stereocenters. The molecule has 0 aliphatic heterocycles. The van der Waals surface area contributed by atoms with Crippen LogP contribution in [0.15, 0.2) is 77.9 Å². The summed E-state index contributed by atoms with van der Waals surface area (Å²) < 4.78 is 10.5. The summed E-state index contributed by atoms with van der Waals surface area (Å²) in [5.41, 5.74) is 5.15. The van der Waals surface area contributed by atoms with Gasteiger partial charge in [0.1, 0.15) is 11.5 Å². The molecule has 0 saturated heterocycles. The molecule has 0 radical (unpaired) electrons. The minimum atomic E-state index is -0.421. The third-order valence-corrected chi connectivity index (χ3v) is 4.11. The number of para-hydroxylation sites is 1. The number of amides is 1. The quantitative estimate of drug-likeness (QED) is 0.300. The maximum atomic E-state index is 12.2. The number of carbonyl (C=O) groups excluding carboxylic acids is 2. The Labute approximate surface area is 168 Å². The fourth-order valence-electron chi connectivity index (χ4n) is 2.54. The summed E-state index contributed by atoms with van der Waals surface area (Å²) >= 11 is 0. The maximum Gasteiger partial charge on any atom is 0.343 e. The van der Waals surface area contributed by atoms with E-state index >= 15 is 0 Å². The third kappa shape index (κ3) is 5.29. The largest absolute Gasteiger partial charge is 0.496 e. The predicted octanol–water partition coefficient (Wildman–Crippen LogP) is 3.99. The number of nitrogens with one attached hydrogen (secondary N) is 1. The fourth-order valence-corrected chi connectivity index (χ4v) is 2.54. The van der Waals surface area contributed by atoms with Crippen molar-refractivity contribution in [2.24, 2.45) is 5.10 Å². The minimum Gasteiger partial charge on any atom is -0.496 e. The zero-order valence-electron chi connectivity index (χ0n) is 16.1. The van der Waals surface area contributed by atoms with Gasteiger partial charge < -0.3 is 9.47 Å². The summed E-state index contributed by atoms with van der Waals surface area (Å²) in [5, 5.41) is 3.95. The first-order valence-corrected chi connectivity index (χ1v) is 8.92. The number of nitrogens with zero attached hydrogens (tertiary/aromatic N) is 1. The molecule has 1 N–H and O–H groups in total. The Hall–Kier alpha value is -3.93. The van der Waals surface area contributed by atoms with Crippen LogP contribution in [-0.2, 0) is 0 Å². The highest BCUT2D eigenvalue weighted by Crippen LogP contribution is 2.17. The zero-order valence-corrected chi connectivity index (χ0v) is 16.1. The van der Waals surface area contributed by atoms with Crippen molar-refractivity contribution < 1.29 is 19.1 Å². The summed E-state index contributed by atoms with van der Waals surface area (Å²) in [6.45, 7) is 1.95. The summed E-state index contributed by atoms with van der Waals surface area (Å²) in [5.74, 6) is 0.101. The highest BCUT2D eigenvalue weighted by Gasteiger charge is 2.10. The molecule has 0 saturated carbocycles. The number of hydrazone groups is 1. The second-order valence-electron chi connectivity index (χ2n) is 6.22. The van der Waals surface area contributed by atoms with Gasteiger partial charge >= 0.3 is 5.97 Å². The first-order valence-electron chi connectivity index (χ1n) is 8.92. The molecule has 0 bridgehead atoms. The molecule has 0 spiro atoms. The molecule has 29 heavy (non-hydrogen) atoms. The topological polar surface area (TPSA) is 77.0 Å². The lowest BCUT2D eigenvalue weighted by Crippen LogP contribution is -2.18. The first-order chi connectivity index (χ1) is 14.1. The van der Waals surface area contributed by atoms with Crippen molar-refractivity contribution >= 4 is 18.1 Å². The molecular weight excluding hydrogens is 368 g/mol. The molecule has 3 aromatic carbocycles. The molecule has 0 aliphatic rings. The van der Waals surface area contributed by atoms with Crippen LogP contribution in [0.4, 0.5) is 0 Å². The van der Waals surface area contributed by atoms with Crippen LogP contribution in [0.5, 0.6) is 11.5 Å². The normalized spacial score (nSPS) is 10.6. The summed E-state index contributed by atoms with van der Waals surface area (Å²) in [6.07, 6.45) is 1.50. The van der Waals surface area contributed by atoms with Gasteiger partial charge in [0, 0.05) is 0 Å². The van der Waals surface area contributed by atoms with E-state index in [0.717, 1.165) is 11.1 Å². The molecule has 3 rings (SSSR count).